The highest BCUT2D eigenvalue weighted by atomic mass is 32.2. The minimum atomic E-state index is -3.70. The third kappa shape index (κ3) is 4.21. The number of rotatable bonds is 5. The summed E-state index contributed by atoms with van der Waals surface area (Å²) in [5.74, 6) is -0.990. The molecule has 1 fully saturated rings. The minimum Gasteiger partial charge on any atom is -0.362 e. The lowest BCUT2D eigenvalue weighted by molar-refractivity contribution is -0.120. The Hall–Kier alpha value is -2.43. The molecule has 10 heteroatoms. The zero-order chi connectivity index (χ0) is 21.1. The normalized spacial score (nSPS) is 16.9. The van der Waals surface area contributed by atoms with Gasteiger partial charge in [-0.25, -0.2) is 8.42 Å². The number of carbonyl (C=O) groups is 2. The topological polar surface area (TPSA) is 98.8 Å². The number of fused-ring (bicyclic) bond motifs is 1. The van der Waals surface area contributed by atoms with Crippen molar-refractivity contribution in [2.24, 2.45) is 0 Å². The summed E-state index contributed by atoms with van der Waals surface area (Å²) in [4.78, 5) is 27.0. The average Bonchev–Trinajstić information content (AvgIpc) is 3.45. The molecule has 0 unspecified atom stereocenters. The molecule has 0 radical (unpaired) electrons. The second-order valence-electron chi connectivity index (χ2n) is 7.38. The maximum absolute atomic E-state index is 12.8. The number of thiophene rings is 1. The Morgan fingerprint density at radius 2 is 1.77 bits per heavy atom. The molecule has 160 valence electrons. The van der Waals surface area contributed by atoms with Crippen molar-refractivity contribution in [3.8, 4) is 0 Å². The molecule has 2 N–H and O–H groups in total. The van der Waals surface area contributed by atoms with Crippen LogP contribution in [0.15, 0.2) is 40.6 Å². The van der Waals surface area contributed by atoms with E-state index in [2.05, 4.69) is 16.9 Å². The van der Waals surface area contributed by atoms with Crippen LogP contribution in [0.25, 0.3) is 0 Å². The molecule has 4 rings (SSSR count). The van der Waals surface area contributed by atoms with Gasteiger partial charge >= 0.3 is 0 Å². The first-order chi connectivity index (χ1) is 14.5. The fourth-order valence-electron chi connectivity index (χ4n) is 3.91. The Balaban J connectivity index is 1.38. The van der Waals surface area contributed by atoms with Gasteiger partial charge in [-0.1, -0.05) is 18.2 Å². The van der Waals surface area contributed by atoms with Crippen LogP contribution in [-0.2, 0) is 21.2 Å². The molecule has 2 aromatic rings. The van der Waals surface area contributed by atoms with E-state index in [9.17, 15) is 18.0 Å². The Kier molecular flexibility index (Phi) is 6.07. The van der Waals surface area contributed by atoms with E-state index in [1.807, 2.05) is 23.1 Å². The summed E-state index contributed by atoms with van der Waals surface area (Å²) < 4.78 is 27.0. The lowest BCUT2D eigenvalue weighted by Crippen LogP contribution is -2.47. The second kappa shape index (κ2) is 8.75. The third-order valence-corrected chi connectivity index (χ3v) is 8.36. The van der Waals surface area contributed by atoms with Crippen molar-refractivity contribution in [3.63, 3.8) is 0 Å². The van der Waals surface area contributed by atoms with Gasteiger partial charge in [0.2, 0.25) is 10.0 Å². The highest BCUT2D eigenvalue weighted by Crippen LogP contribution is 2.28. The fourth-order valence-corrected chi connectivity index (χ4v) is 6.72. The Morgan fingerprint density at radius 3 is 2.57 bits per heavy atom. The van der Waals surface area contributed by atoms with Crippen LogP contribution in [0.3, 0.4) is 0 Å². The lowest BCUT2D eigenvalue weighted by Gasteiger charge is -2.30. The molecule has 1 saturated heterocycles. The van der Waals surface area contributed by atoms with Gasteiger partial charge in [0.1, 0.15) is 9.77 Å². The van der Waals surface area contributed by atoms with E-state index in [1.54, 1.807) is 5.38 Å². The zero-order valence-corrected chi connectivity index (χ0v) is 18.1. The van der Waals surface area contributed by atoms with E-state index < -0.39 is 15.9 Å². The first-order valence-electron chi connectivity index (χ1n) is 9.96. The number of para-hydroxylation sites is 1. The van der Waals surface area contributed by atoms with E-state index >= 15 is 0 Å². The first-order valence-corrected chi connectivity index (χ1v) is 12.3. The van der Waals surface area contributed by atoms with Crippen LogP contribution in [-0.4, -0.2) is 50.7 Å². The minimum absolute atomic E-state index is 0.00823. The third-order valence-electron chi connectivity index (χ3n) is 5.37. The van der Waals surface area contributed by atoms with Gasteiger partial charge in [-0.15, -0.1) is 11.3 Å². The van der Waals surface area contributed by atoms with Crippen molar-refractivity contribution in [1.29, 1.82) is 0 Å². The summed E-state index contributed by atoms with van der Waals surface area (Å²) in [7, 11) is -3.70. The van der Waals surface area contributed by atoms with Gasteiger partial charge in [0.05, 0.1) is 6.54 Å². The van der Waals surface area contributed by atoms with Crippen molar-refractivity contribution < 1.29 is 18.0 Å². The number of hydrogen-bond acceptors (Lipinski definition) is 6. The molecule has 2 aliphatic rings. The molecule has 0 atom stereocenters. The number of hydrazine groups is 1. The highest BCUT2D eigenvalue weighted by Gasteiger charge is 2.32. The van der Waals surface area contributed by atoms with E-state index in [1.165, 1.54) is 15.9 Å². The predicted molar refractivity (Wildman–Crippen MR) is 115 cm³/mol. The van der Waals surface area contributed by atoms with Gasteiger partial charge in [-0.05, 0) is 48.8 Å². The van der Waals surface area contributed by atoms with Crippen LogP contribution < -0.4 is 15.8 Å². The van der Waals surface area contributed by atoms with Crippen molar-refractivity contribution in [3.05, 3.63) is 46.2 Å². The van der Waals surface area contributed by atoms with Gasteiger partial charge < -0.3 is 4.90 Å². The molecule has 1 aromatic heterocycles. The molecular weight excluding hydrogens is 424 g/mol. The van der Waals surface area contributed by atoms with E-state index in [-0.39, 0.29) is 22.2 Å². The van der Waals surface area contributed by atoms with E-state index in [0.717, 1.165) is 49.3 Å². The number of anilines is 1. The summed E-state index contributed by atoms with van der Waals surface area (Å²) in [5, 5.41) is 1.57. The summed E-state index contributed by atoms with van der Waals surface area (Å²) in [5.41, 5.74) is 7.01. The molecule has 8 nitrogen and oxygen atoms in total. The molecular formula is C20H24N4O4S2. The smallest absolute Gasteiger partial charge is 0.281 e. The van der Waals surface area contributed by atoms with Crippen molar-refractivity contribution in [2.45, 2.75) is 30.6 Å². The number of hydrogen-bond donors (Lipinski definition) is 2. The van der Waals surface area contributed by atoms with Crippen molar-refractivity contribution in [2.75, 3.05) is 31.1 Å². The molecule has 30 heavy (non-hydrogen) atoms. The first kappa shape index (κ1) is 20.8. The molecule has 0 spiro atoms. The predicted octanol–water partition coefficient (Wildman–Crippen LogP) is 1.75. The second-order valence-corrected chi connectivity index (χ2v) is 10.2. The Morgan fingerprint density at radius 1 is 1.00 bits per heavy atom. The quantitative estimate of drug-likeness (QED) is 0.679. The summed E-state index contributed by atoms with van der Waals surface area (Å²) in [6.45, 7) is 1.81. The van der Waals surface area contributed by atoms with Crippen LogP contribution in [0.5, 0.6) is 0 Å². The Bertz CT molecular complexity index is 1040. The maximum atomic E-state index is 12.8. The number of sulfonamides is 1. The molecule has 0 saturated carbocycles. The molecule has 0 aliphatic carbocycles. The molecule has 0 bridgehead atoms. The monoisotopic (exact) mass is 448 g/mol. The van der Waals surface area contributed by atoms with Crippen molar-refractivity contribution >= 4 is 38.9 Å². The summed E-state index contributed by atoms with van der Waals surface area (Å²) in [6, 6.07) is 9.41. The van der Waals surface area contributed by atoms with Gasteiger partial charge in [0, 0.05) is 25.3 Å². The lowest BCUT2D eigenvalue weighted by atomic mass is 10.0. The van der Waals surface area contributed by atoms with Gasteiger partial charge in [0.15, 0.2) is 0 Å². The SMILES string of the molecule is O=C(CN1CCCc2ccccc21)NNC(=O)c1sccc1S(=O)(=O)N1CCCC1. The van der Waals surface area contributed by atoms with Crippen molar-refractivity contribution in [1.82, 2.24) is 15.2 Å². The zero-order valence-electron chi connectivity index (χ0n) is 16.5. The van der Waals surface area contributed by atoms with Gasteiger partial charge in [-0.2, -0.15) is 4.31 Å². The largest absolute Gasteiger partial charge is 0.362 e. The molecule has 3 heterocycles. The number of benzene rings is 1. The standard InChI is InChI=1S/C20H24N4O4S2/c25-18(14-23-10-5-7-15-6-1-2-8-16(15)23)21-22-20(26)19-17(9-13-29-19)30(27,28)24-11-3-4-12-24/h1-2,6,8-9,13H,3-5,7,10-12,14H2,(H,21,25)(H,22,26). The Labute approximate surface area is 179 Å². The number of nitrogens with zero attached hydrogens (tertiary/aromatic N) is 2. The summed E-state index contributed by atoms with van der Waals surface area (Å²) in [6.07, 6.45) is 3.59. The van der Waals surface area contributed by atoms with Gasteiger partial charge in [0.25, 0.3) is 11.8 Å². The number of aryl methyl sites for hydroxylation is 1. The summed E-state index contributed by atoms with van der Waals surface area (Å²) >= 11 is 1.04. The van der Waals surface area contributed by atoms with E-state index in [0.29, 0.717) is 13.1 Å². The van der Waals surface area contributed by atoms with Crippen LogP contribution in [0.2, 0.25) is 0 Å². The van der Waals surface area contributed by atoms with Crippen LogP contribution in [0.4, 0.5) is 5.69 Å². The molecule has 2 amide bonds. The highest BCUT2D eigenvalue weighted by molar-refractivity contribution is 7.89. The van der Waals surface area contributed by atoms with Crippen LogP contribution in [0, 0.1) is 0 Å². The molecule has 1 aromatic carbocycles. The number of nitrogens with one attached hydrogen (secondary N) is 2. The van der Waals surface area contributed by atoms with E-state index in [4.69, 9.17) is 0 Å². The average molecular weight is 449 g/mol. The fraction of sp³-hybridized carbons (Fsp3) is 0.400. The maximum Gasteiger partial charge on any atom is 0.281 e. The van der Waals surface area contributed by atoms with Gasteiger partial charge in [-0.3, -0.25) is 20.4 Å². The molecule has 2 aliphatic heterocycles. The van der Waals surface area contributed by atoms with Crippen LogP contribution in [0.1, 0.15) is 34.5 Å². The van der Waals surface area contributed by atoms with Crippen LogP contribution >= 0.6 is 11.3 Å². The number of carbonyl (C=O) groups excluding carboxylic acids is 2. The number of amides is 2.